The van der Waals surface area contributed by atoms with Gasteiger partial charge in [-0.25, -0.2) is 4.98 Å². The van der Waals surface area contributed by atoms with Crippen LogP contribution < -0.4 is 10.2 Å². The third-order valence-electron chi connectivity index (χ3n) is 4.10. The van der Waals surface area contributed by atoms with Crippen molar-refractivity contribution in [3.8, 4) is 0 Å². The lowest BCUT2D eigenvalue weighted by Crippen LogP contribution is -2.31. The van der Waals surface area contributed by atoms with E-state index < -0.39 is 0 Å². The number of ether oxygens (including phenoxy) is 1. The summed E-state index contributed by atoms with van der Waals surface area (Å²) in [5.41, 5.74) is 2.22. The number of hydrogen-bond acceptors (Lipinski definition) is 4. The Morgan fingerprint density at radius 3 is 3.14 bits per heavy atom. The van der Waals surface area contributed by atoms with Crippen LogP contribution >= 0.6 is 0 Å². The summed E-state index contributed by atoms with van der Waals surface area (Å²) in [4.78, 5) is 7.08. The monoisotopic (exact) mass is 288 g/mol. The van der Waals surface area contributed by atoms with Crippen LogP contribution in [0.1, 0.15) is 18.5 Å². The van der Waals surface area contributed by atoms with Crippen molar-refractivity contribution in [2.45, 2.75) is 19.4 Å². The summed E-state index contributed by atoms with van der Waals surface area (Å²) in [5, 5.41) is 3.25. The summed E-state index contributed by atoms with van der Waals surface area (Å²) in [6.45, 7) is 3.60. The lowest BCUT2D eigenvalue weighted by Gasteiger charge is -2.27. The van der Waals surface area contributed by atoms with E-state index in [9.17, 15) is 0 Å². The maximum atomic E-state index is 5.59. The molecule has 2 aromatic heterocycles. The smallest absolute Gasteiger partial charge is 0.152 e. The Bertz CT molecular complexity index is 589. The van der Waals surface area contributed by atoms with Gasteiger partial charge in [-0.05, 0) is 37.9 Å². The second-order valence-corrected chi connectivity index (χ2v) is 5.80. The van der Waals surface area contributed by atoms with Crippen LogP contribution in [-0.4, -0.2) is 43.2 Å². The molecule has 21 heavy (non-hydrogen) atoms. The summed E-state index contributed by atoms with van der Waals surface area (Å²) in [7, 11) is 4.11. The largest absolute Gasteiger partial charge is 0.381 e. The molecule has 0 aliphatic carbocycles. The van der Waals surface area contributed by atoms with Crippen molar-refractivity contribution in [2.75, 3.05) is 38.8 Å². The second kappa shape index (κ2) is 6.45. The third-order valence-corrected chi connectivity index (χ3v) is 4.10. The molecular formula is C16H24N4O. The summed E-state index contributed by atoms with van der Waals surface area (Å²) in [6.07, 6.45) is 4.50. The minimum Gasteiger partial charge on any atom is -0.381 e. The molecule has 1 unspecified atom stereocenters. The molecule has 0 radical (unpaired) electrons. The van der Waals surface area contributed by atoms with Crippen LogP contribution in [0.4, 0.5) is 5.82 Å². The SMILES string of the molecule is CNCc1c(N(C)CC2CCCOC2)nc2ccccn12. The molecule has 1 atom stereocenters. The van der Waals surface area contributed by atoms with Crippen molar-refractivity contribution in [2.24, 2.45) is 5.92 Å². The Kier molecular flexibility index (Phi) is 4.41. The van der Waals surface area contributed by atoms with Crippen molar-refractivity contribution in [3.05, 3.63) is 30.1 Å². The predicted octanol–water partition coefficient (Wildman–Crippen LogP) is 1.92. The Hall–Kier alpha value is -1.59. The highest BCUT2D eigenvalue weighted by Crippen LogP contribution is 2.23. The van der Waals surface area contributed by atoms with E-state index in [4.69, 9.17) is 9.72 Å². The fourth-order valence-electron chi connectivity index (χ4n) is 3.10. The molecular weight excluding hydrogens is 264 g/mol. The Labute approximate surface area is 125 Å². The average Bonchev–Trinajstić information content (AvgIpc) is 2.88. The zero-order chi connectivity index (χ0) is 14.7. The first-order valence-corrected chi connectivity index (χ1v) is 7.69. The number of nitrogens with zero attached hydrogens (tertiary/aromatic N) is 3. The zero-order valence-electron chi connectivity index (χ0n) is 12.9. The summed E-state index contributed by atoms with van der Waals surface area (Å²) < 4.78 is 7.76. The third kappa shape index (κ3) is 3.04. The van der Waals surface area contributed by atoms with E-state index in [1.165, 1.54) is 18.5 Å². The first kappa shape index (κ1) is 14.4. The second-order valence-electron chi connectivity index (χ2n) is 5.80. The molecule has 0 bridgehead atoms. The minimum absolute atomic E-state index is 0.607. The standard InChI is InChI=1S/C16H24N4O/c1-17-10-14-16(18-15-7-3-4-8-20(14)15)19(2)11-13-6-5-9-21-12-13/h3-4,7-8,13,17H,5-6,9-12H2,1-2H3. The number of pyridine rings is 1. The van der Waals surface area contributed by atoms with E-state index >= 15 is 0 Å². The number of anilines is 1. The van der Waals surface area contributed by atoms with Gasteiger partial charge in [-0.15, -0.1) is 0 Å². The first-order chi connectivity index (χ1) is 10.3. The summed E-state index contributed by atoms with van der Waals surface area (Å²) in [6, 6.07) is 6.14. The van der Waals surface area contributed by atoms with E-state index in [0.29, 0.717) is 5.92 Å². The van der Waals surface area contributed by atoms with Crippen molar-refractivity contribution in [1.82, 2.24) is 14.7 Å². The normalized spacial score (nSPS) is 19.0. The van der Waals surface area contributed by atoms with Crippen LogP contribution in [0.15, 0.2) is 24.4 Å². The van der Waals surface area contributed by atoms with Gasteiger partial charge in [-0.3, -0.25) is 0 Å². The molecule has 114 valence electrons. The number of nitrogens with one attached hydrogen (secondary N) is 1. The number of aromatic nitrogens is 2. The molecule has 5 nitrogen and oxygen atoms in total. The van der Waals surface area contributed by atoms with Crippen molar-refractivity contribution in [1.29, 1.82) is 0 Å². The molecule has 1 fully saturated rings. The highest BCUT2D eigenvalue weighted by Gasteiger charge is 2.20. The molecule has 1 aliphatic rings. The van der Waals surface area contributed by atoms with E-state index in [0.717, 1.165) is 37.8 Å². The van der Waals surface area contributed by atoms with Crippen molar-refractivity contribution >= 4 is 11.5 Å². The van der Waals surface area contributed by atoms with Crippen molar-refractivity contribution in [3.63, 3.8) is 0 Å². The Balaban J connectivity index is 1.85. The van der Waals surface area contributed by atoms with Crippen LogP contribution in [0.25, 0.3) is 5.65 Å². The van der Waals surface area contributed by atoms with Gasteiger partial charge in [0.25, 0.3) is 0 Å². The zero-order valence-corrected chi connectivity index (χ0v) is 12.9. The van der Waals surface area contributed by atoms with Gasteiger partial charge >= 0.3 is 0 Å². The molecule has 3 heterocycles. The summed E-state index contributed by atoms with van der Waals surface area (Å²) in [5.74, 6) is 1.68. The molecule has 0 amide bonds. The van der Waals surface area contributed by atoms with Gasteiger partial charge in [0, 0.05) is 32.9 Å². The predicted molar refractivity (Wildman–Crippen MR) is 84.8 cm³/mol. The lowest BCUT2D eigenvalue weighted by molar-refractivity contribution is 0.0576. The highest BCUT2D eigenvalue weighted by molar-refractivity contribution is 5.55. The number of rotatable bonds is 5. The first-order valence-electron chi connectivity index (χ1n) is 7.69. The molecule has 1 aliphatic heterocycles. The minimum atomic E-state index is 0.607. The van der Waals surface area contributed by atoms with Crippen LogP contribution in [0, 0.1) is 5.92 Å². The van der Waals surface area contributed by atoms with Gasteiger partial charge in [-0.1, -0.05) is 6.07 Å². The van der Waals surface area contributed by atoms with Crippen LogP contribution in [-0.2, 0) is 11.3 Å². The van der Waals surface area contributed by atoms with Gasteiger partial charge in [0.2, 0.25) is 0 Å². The Morgan fingerprint density at radius 2 is 2.38 bits per heavy atom. The fourth-order valence-corrected chi connectivity index (χ4v) is 3.10. The number of hydrogen-bond donors (Lipinski definition) is 1. The van der Waals surface area contributed by atoms with Gasteiger partial charge in [0.1, 0.15) is 5.65 Å². The van der Waals surface area contributed by atoms with Crippen LogP contribution in [0.5, 0.6) is 0 Å². The topological polar surface area (TPSA) is 41.8 Å². The van der Waals surface area contributed by atoms with Gasteiger partial charge in [0.15, 0.2) is 5.82 Å². The molecule has 1 N–H and O–H groups in total. The summed E-state index contributed by atoms with van der Waals surface area (Å²) >= 11 is 0. The lowest BCUT2D eigenvalue weighted by atomic mass is 10.0. The van der Waals surface area contributed by atoms with Crippen LogP contribution in [0.3, 0.4) is 0 Å². The fraction of sp³-hybridized carbons (Fsp3) is 0.562. The highest BCUT2D eigenvalue weighted by atomic mass is 16.5. The Morgan fingerprint density at radius 1 is 1.48 bits per heavy atom. The molecule has 5 heteroatoms. The van der Waals surface area contributed by atoms with Crippen LogP contribution in [0.2, 0.25) is 0 Å². The maximum Gasteiger partial charge on any atom is 0.152 e. The van der Waals surface area contributed by atoms with E-state index in [1.54, 1.807) is 0 Å². The molecule has 3 rings (SSSR count). The van der Waals surface area contributed by atoms with Gasteiger partial charge in [0.05, 0.1) is 12.3 Å². The molecule has 0 aromatic carbocycles. The van der Waals surface area contributed by atoms with E-state index in [1.807, 2.05) is 19.2 Å². The van der Waals surface area contributed by atoms with Gasteiger partial charge in [-0.2, -0.15) is 0 Å². The van der Waals surface area contributed by atoms with E-state index in [-0.39, 0.29) is 0 Å². The molecule has 0 saturated carbocycles. The molecule has 2 aromatic rings. The molecule has 1 saturated heterocycles. The quantitative estimate of drug-likeness (QED) is 0.912. The van der Waals surface area contributed by atoms with Crippen molar-refractivity contribution < 1.29 is 4.74 Å². The molecule has 0 spiro atoms. The number of fused-ring (bicyclic) bond motifs is 1. The van der Waals surface area contributed by atoms with Gasteiger partial charge < -0.3 is 19.4 Å². The number of imidazole rings is 1. The average molecular weight is 288 g/mol. The maximum absolute atomic E-state index is 5.59. The van der Waals surface area contributed by atoms with E-state index in [2.05, 4.69) is 33.9 Å².